The molecule has 0 spiro atoms. The molecule has 1 unspecified atom stereocenters. The van der Waals surface area contributed by atoms with Crippen molar-refractivity contribution >= 4 is 17.7 Å². The second-order valence-corrected chi connectivity index (χ2v) is 8.99. The van der Waals surface area contributed by atoms with E-state index in [0.29, 0.717) is 18.8 Å². The molecule has 0 N–H and O–H groups in total. The SMILES string of the molecule is CCCCCCCCOc1ccc(-c2ccc(C(=O)OC(C)COCCSC)cc2)cc1. The molecule has 0 heterocycles. The predicted molar refractivity (Wildman–Crippen MR) is 135 cm³/mol. The summed E-state index contributed by atoms with van der Waals surface area (Å²) in [5.41, 5.74) is 2.69. The van der Waals surface area contributed by atoms with Crippen molar-refractivity contribution < 1.29 is 19.0 Å². The van der Waals surface area contributed by atoms with Gasteiger partial charge in [0, 0.05) is 5.75 Å². The van der Waals surface area contributed by atoms with E-state index in [9.17, 15) is 4.79 Å². The molecular formula is C27H38O4S. The van der Waals surface area contributed by atoms with E-state index >= 15 is 0 Å². The van der Waals surface area contributed by atoms with Gasteiger partial charge in [0.05, 0.1) is 25.4 Å². The molecule has 5 heteroatoms. The maximum absolute atomic E-state index is 12.3. The van der Waals surface area contributed by atoms with Crippen LogP contribution in [0.5, 0.6) is 5.75 Å². The monoisotopic (exact) mass is 458 g/mol. The first-order valence-corrected chi connectivity index (χ1v) is 13.1. The number of ether oxygens (including phenoxy) is 3. The van der Waals surface area contributed by atoms with Crippen molar-refractivity contribution in [1.29, 1.82) is 0 Å². The van der Waals surface area contributed by atoms with Gasteiger partial charge >= 0.3 is 5.97 Å². The summed E-state index contributed by atoms with van der Waals surface area (Å²) in [4.78, 5) is 12.3. The first-order chi connectivity index (χ1) is 15.6. The van der Waals surface area contributed by atoms with Gasteiger partial charge in [-0.15, -0.1) is 0 Å². The lowest BCUT2D eigenvalue weighted by molar-refractivity contribution is 0.00485. The van der Waals surface area contributed by atoms with Crippen LogP contribution in [-0.2, 0) is 9.47 Å². The number of thioether (sulfide) groups is 1. The zero-order chi connectivity index (χ0) is 23.0. The van der Waals surface area contributed by atoms with E-state index in [2.05, 4.69) is 19.1 Å². The van der Waals surface area contributed by atoms with Gasteiger partial charge in [0.15, 0.2) is 0 Å². The second kappa shape index (κ2) is 15.8. The summed E-state index contributed by atoms with van der Waals surface area (Å²) in [5.74, 6) is 1.51. The number of rotatable bonds is 16. The third kappa shape index (κ3) is 10.1. The van der Waals surface area contributed by atoms with Gasteiger partial charge in [-0.2, -0.15) is 11.8 Å². The Morgan fingerprint density at radius 2 is 1.50 bits per heavy atom. The van der Waals surface area contributed by atoms with E-state index in [1.165, 1.54) is 32.1 Å². The lowest BCUT2D eigenvalue weighted by Gasteiger charge is -2.13. The van der Waals surface area contributed by atoms with Crippen LogP contribution in [-0.4, -0.2) is 43.9 Å². The summed E-state index contributed by atoms with van der Waals surface area (Å²) < 4.78 is 16.8. The molecule has 4 nitrogen and oxygen atoms in total. The second-order valence-electron chi connectivity index (χ2n) is 8.00. The van der Waals surface area contributed by atoms with Crippen molar-refractivity contribution in [2.75, 3.05) is 31.8 Å². The maximum atomic E-state index is 12.3. The van der Waals surface area contributed by atoms with Gasteiger partial charge in [0.25, 0.3) is 0 Å². The van der Waals surface area contributed by atoms with Crippen LogP contribution in [0.3, 0.4) is 0 Å². The Balaban J connectivity index is 1.76. The zero-order valence-electron chi connectivity index (χ0n) is 19.8. The zero-order valence-corrected chi connectivity index (χ0v) is 20.6. The molecule has 0 amide bonds. The first-order valence-electron chi connectivity index (χ1n) is 11.7. The summed E-state index contributed by atoms with van der Waals surface area (Å²) in [7, 11) is 0. The van der Waals surface area contributed by atoms with Crippen molar-refractivity contribution in [1.82, 2.24) is 0 Å². The van der Waals surface area contributed by atoms with Crippen molar-refractivity contribution in [2.45, 2.75) is 58.5 Å². The minimum absolute atomic E-state index is 0.270. The summed E-state index contributed by atoms with van der Waals surface area (Å²) in [6, 6.07) is 15.6. The number of unbranched alkanes of at least 4 members (excludes halogenated alkanes) is 5. The van der Waals surface area contributed by atoms with E-state index in [1.807, 2.05) is 49.6 Å². The quantitative estimate of drug-likeness (QED) is 0.200. The molecule has 1 atom stereocenters. The van der Waals surface area contributed by atoms with Gasteiger partial charge in [-0.25, -0.2) is 4.79 Å². The highest BCUT2D eigenvalue weighted by molar-refractivity contribution is 7.98. The molecular weight excluding hydrogens is 420 g/mol. The van der Waals surface area contributed by atoms with Crippen LogP contribution < -0.4 is 4.74 Å². The van der Waals surface area contributed by atoms with Gasteiger partial charge in [-0.05, 0) is 55.0 Å². The van der Waals surface area contributed by atoms with Crippen LogP contribution in [0, 0.1) is 0 Å². The number of hydrogen-bond acceptors (Lipinski definition) is 5. The van der Waals surface area contributed by atoms with Crippen LogP contribution in [0.1, 0.15) is 62.7 Å². The summed E-state index contributed by atoms with van der Waals surface area (Å²) in [6.07, 6.45) is 9.34. The molecule has 0 saturated carbocycles. The Hall–Kier alpha value is -1.98. The largest absolute Gasteiger partial charge is 0.494 e. The number of carbonyl (C=O) groups is 1. The molecule has 0 aliphatic carbocycles. The van der Waals surface area contributed by atoms with Crippen LogP contribution in [0.25, 0.3) is 11.1 Å². The van der Waals surface area contributed by atoms with Gasteiger partial charge < -0.3 is 14.2 Å². The molecule has 2 aromatic rings. The summed E-state index contributed by atoms with van der Waals surface area (Å²) in [5, 5.41) is 0. The summed E-state index contributed by atoms with van der Waals surface area (Å²) >= 11 is 1.73. The van der Waals surface area contributed by atoms with Crippen molar-refractivity contribution in [2.24, 2.45) is 0 Å². The average Bonchev–Trinajstić information content (AvgIpc) is 2.82. The molecule has 2 rings (SSSR count). The Kier molecular flexibility index (Phi) is 12.9. The molecule has 0 saturated heterocycles. The predicted octanol–water partition coefficient (Wildman–Crippen LogP) is 7.02. The van der Waals surface area contributed by atoms with Gasteiger partial charge in [-0.1, -0.05) is 63.3 Å². The van der Waals surface area contributed by atoms with Crippen LogP contribution in [0.15, 0.2) is 48.5 Å². The standard InChI is InChI=1S/C27H38O4S/c1-4-5-6-7-8-9-18-30-26-16-14-24(15-17-26)23-10-12-25(13-11-23)27(28)31-22(2)21-29-19-20-32-3/h10-17,22H,4-9,18-21H2,1-3H3. The number of benzene rings is 2. The number of carbonyl (C=O) groups excluding carboxylic acids is 1. The molecule has 32 heavy (non-hydrogen) atoms. The number of esters is 1. The van der Waals surface area contributed by atoms with Crippen LogP contribution in [0.2, 0.25) is 0 Å². The van der Waals surface area contributed by atoms with E-state index in [0.717, 1.165) is 35.7 Å². The molecule has 0 radical (unpaired) electrons. The maximum Gasteiger partial charge on any atom is 0.338 e. The molecule has 2 aromatic carbocycles. The lowest BCUT2D eigenvalue weighted by atomic mass is 10.0. The Bertz CT molecular complexity index is 758. The fourth-order valence-electron chi connectivity index (χ4n) is 3.29. The average molecular weight is 459 g/mol. The van der Waals surface area contributed by atoms with Crippen LogP contribution >= 0.6 is 11.8 Å². The highest BCUT2D eigenvalue weighted by Crippen LogP contribution is 2.23. The highest BCUT2D eigenvalue weighted by atomic mass is 32.2. The van der Waals surface area contributed by atoms with E-state index in [4.69, 9.17) is 14.2 Å². The third-order valence-corrected chi connectivity index (χ3v) is 5.74. The number of hydrogen-bond donors (Lipinski definition) is 0. The smallest absolute Gasteiger partial charge is 0.338 e. The summed E-state index contributed by atoms with van der Waals surface area (Å²) in [6.45, 7) is 5.94. The van der Waals surface area contributed by atoms with Gasteiger partial charge in [0.1, 0.15) is 11.9 Å². The van der Waals surface area contributed by atoms with Crippen LogP contribution in [0.4, 0.5) is 0 Å². The minimum atomic E-state index is -0.323. The fraction of sp³-hybridized carbons (Fsp3) is 0.519. The normalized spacial score (nSPS) is 11.8. The Morgan fingerprint density at radius 1 is 0.875 bits per heavy atom. The molecule has 0 fully saturated rings. The fourth-order valence-corrected chi connectivity index (χ4v) is 3.58. The van der Waals surface area contributed by atoms with Crippen molar-refractivity contribution in [3.63, 3.8) is 0 Å². The molecule has 0 bridgehead atoms. The van der Waals surface area contributed by atoms with Gasteiger partial charge in [0.2, 0.25) is 0 Å². The minimum Gasteiger partial charge on any atom is -0.494 e. The van der Waals surface area contributed by atoms with E-state index < -0.39 is 0 Å². The van der Waals surface area contributed by atoms with E-state index in [-0.39, 0.29) is 12.1 Å². The molecule has 0 aliphatic heterocycles. The molecule has 176 valence electrons. The Morgan fingerprint density at radius 3 is 2.16 bits per heavy atom. The molecule has 0 aliphatic rings. The Labute approximate surface area is 198 Å². The van der Waals surface area contributed by atoms with E-state index in [1.54, 1.807) is 11.8 Å². The third-order valence-electron chi connectivity index (χ3n) is 5.17. The van der Waals surface area contributed by atoms with Crippen molar-refractivity contribution in [3.8, 4) is 16.9 Å². The lowest BCUT2D eigenvalue weighted by Crippen LogP contribution is -2.21. The first kappa shape index (κ1) is 26.3. The topological polar surface area (TPSA) is 44.8 Å². The highest BCUT2D eigenvalue weighted by Gasteiger charge is 2.12. The van der Waals surface area contributed by atoms with Gasteiger partial charge in [-0.3, -0.25) is 0 Å². The van der Waals surface area contributed by atoms with Crippen molar-refractivity contribution in [3.05, 3.63) is 54.1 Å². The molecule has 0 aromatic heterocycles.